The summed E-state index contributed by atoms with van der Waals surface area (Å²) in [5, 5.41) is 9.67. The average molecular weight is 398 g/mol. The van der Waals surface area contributed by atoms with Crippen molar-refractivity contribution in [2.45, 2.75) is 6.42 Å². The maximum absolute atomic E-state index is 12.1. The molecule has 0 spiro atoms. The third-order valence-corrected chi connectivity index (χ3v) is 3.77. The van der Waals surface area contributed by atoms with Gasteiger partial charge < -0.3 is 5.11 Å². The van der Waals surface area contributed by atoms with Crippen LogP contribution in [0.3, 0.4) is 0 Å². The van der Waals surface area contributed by atoms with Gasteiger partial charge in [0.25, 0.3) is 0 Å². The summed E-state index contributed by atoms with van der Waals surface area (Å²) in [6.07, 6.45) is -0.272. The number of halogens is 2. The number of phenolic OH excluding ortho intramolecular Hbond substituents is 1. The molecule has 0 saturated carbocycles. The van der Waals surface area contributed by atoms with Crippen molar-refractivity contribution in [1.29, 1.82) is 0 Å². The van der Waals surface area contributed by atoms with Crippen molar-refractivity contribution in [3.05, 3.63) is 62.5 Å². The summed E-state index contributed by atoms with van der Waals surface area (Å²) in [4.78, 5) is 24.1. The predicted molar refractivity (Wildman–Crippen MR) is 83.2 cm³/mol. The van der Waals surface area contributed by atoms with Crippen LogP contribution in [-0.2, 0) is 0 Å². The lowest BCUT2D eigenvalue weighted by molar-refractivity contribution is 0.0893. The Kier molecular flexibility index (Phi) is 4.73. The number of hydrogen-bond acceptors (Lipinski definition) is 3. The highest BCUT2D eigenvalue weighted by Gasteiger charge is 2.17. The quantitative estimate of drug-likeness (QED) is 0.615. The molecule has 0 radical (unpaired) electrons. The Labute approximate surface area is 132 Å². The highest BCUT2D eigenvalue weighted by atomic mass is 79.9. The van der Waals surface area contributed by atoms with E-state index in [2.05, 4.69) is 31.9 Å². The van der Waals surface area contributed by atoms with E-state index in [0.717, 1.165) is 4.47 Å². The van der Waals surface area contributed by atoms with Crippen LogP contribution in [0.4, 0.5) is 0 Å². The fourth-order valence-electron chi connectivity index (χ4n) is 1.71. The minimum absolute atomic E-state index is 0.123. The molecular weight excluding hydrogens is 388 g/mol. The number of ketones is 2. The van der Waals surface area contributed by atoms with Crippen molar-refractivity contribution in [1.82, 2.24) is 0 Å². The van der Waals surface area contributed by atoms with E-state index in [9.17, 15) is 14.7 Å². The Morgan fingerprint density at radius 1 is 0.900 bits per heavy atom. The van der Waals surface area contributed by atoms with Crippen LogP contribution in [0.15, 0.2) is 51.4 Å². The number of carbonyl (C=O) groups is 2. The van der Waals surface area contributed by atoms with Gasteiger partial charge in [-0.25, -0.2) is 0 Å². The molecule has 0 aliphatic carbocycles. The number of benzene rings is 2. The van der Waals surface area contributed by atoms with E-state index in [1.165, 1.54) is 12.1 Å². The summed E-state index contributed by atoms with van der Waals surface area (Å²) >= 11 is 6.51. The molecule has 0 aliphatic heterocycles. The summed E-state index contributed by atoms with van der Waals surface area (Å²) in [5.41, 5.74) is 0.612. The van der Waals surface area contributed by atoms with Crippen molar-refractivity contribution >= 4 is 43.4 Å². The van der Waals surface area contributed by atoms with E-state index in [1.807, 2.05) is 0 Å². The predicted octanol–water partition coefficient (Wildman–Crippen LogP) is 4.37. The van der Waals surface area contributed by atoms with Crippen LogP contribution in [0, 0.1) is 0 Å². The lowest BCUT2D eigenvalue weighted by Gasteiger charge is -2.04. The number of carbonyl (C=O) groups excluding carboxylic acids is 2. The SMILES string of the molecule is O=C(CC(=O)c1cc(Br)ccc1O)c1ccc(Br)cc1. The van der Waals surface area contributed by atoms with Gasteiger partial charge in [0.15, 0.2) is 11.6 Å². The molecule has 1 N–H and O–H groups in total. The Balaban J connectivity index is 2.17. The normalized spacial score (nSPS) is 10.3. The third-order valence-electron chi connectivity index (χ3n) is 2.75. The zero-order valence-corrected chi connectivity index (χ0v) is 13.4. The van der Waals surface area contributed by atoms with Crippen LogP contribution >= 0.6 is 31.9 Å². The van der Waals surface area contributed by atoms with Gasteiger partial charge in [-0.1, -0.05) is 44.0 Å². The van der Waals surface area contributed by atoms with Gasteiger partial charge in [0.05, 0.1) is 12.0 Å². The van der Waals surface area contributed by atoms with E-state index in [-0.39, 0.29) is 23.5 Å². The molecule has 0 saturated heterocycles. The summed E-state index contributed by atoms with van der Waals surface area (Å²) in [5.74, 6) is -0.805. The van der Waals surface area contributed by atoms with Gasteiger partial charge in [0.1, 0.15) is 5.75 Å². The first kappa shape index (κ1) is 14.9. The molecule has 102 valence electrons. The van der Waals surface area contributed by atoms with Crippen molar-refractivity contribution in [2.75, 3.05) is 0 Å². The van der Waals surface area contributed by atoms with Crippen LogP contribution in [0.5, 0.6) is 5.75 Å². The van der Waals surface area contributed by atoms with Crippen molar-refractivity contribution < 1.29 is 14.7 Å². The number of Topliss-reactive ketones (excluding diaryl/α,β-unsaturated/α-hetero) is 2. The zero-order valence-electron chi connectivity index (χ0n) is 10.3. The smallest absolute Gasteiger partial charge is 0.174 e. The fraction of sp³-hybridized carbons (Fsp3) is 0.0667. The molecule has 0 bridgehead atoms. The minimum Gasteiger partial charge on any atom is -0.507 e. The number of phenols is 1. The molecule has 0 amide bonds. The van der Waals surface area contributed by atoms with Gasteiger partial charge in [-0.05, 0) is 30.3 Å². The summed E-state index contributed by atoms with van der Waals surface area (Å²) < 4.78 is 1.54. The van der Waals surface area contributed by atoms with Crippen molar-refractivity contribution in [3.8, 4) is 5.75 Å². The van der Waals surface area contributed by atoms with E-state index in [0.29, 0.717) is 10.0 Å². The third kappa shape index (κ3) is 3.55. The Morgan fingerprint density at radius 3 is 2.15 bits per heavy atom. The van der Waals surface area contributed by atoms with Crippen LogP contribution < -0.4 is 0 Å². The van der Waals surface area contributed by atoms with Crippen molar-refractivity contribution in [3.63, 3.8) is 0 Å². The van der Waals surface area contributed by atoms with Gasteiger partial charge in [0, 0.05) is 14.5 Å². The first-order valence-corrected chi connectivity index (χ1v) is 7.36. The van der Waals surface area contributed by atoms with E-state index in [1.54, 1.807) is 30.3 Å². The first-order chi connectivity index (χ1) is 9.47. The van der Waals surface area contributed by atoms with Crippen LogP contribution in [-0.4, -0.2) is 16.7 Å². The maximum atomic E-state index is 12.1. The van der Waals surface area contributed by atoms with Gasteiger partial charge in [-0.2, -0.15) is 0 Å². The van der Waals surface area contributed by atoms with Crippen LogP contribution in [0.2, 0.25) is 0 Å². The summed E-state index contributed by atoms with van der Waals surface area (Å²) in [6, 6.07) is 11.3. The lowest BCUT2D eigenvalue weighted by atomic mass is 10.0. The van der Waals surface area contributed by atoms with E-state index >= 15 is 0 Å². The van der Waals surface area contributed by atoms with E-state index in [4.69, 9.17) is 0 Å². The Hall–Kier alpha value is -1.46. The molecular formula is C15H10Br2O3. The molecule has 0 atom stereocenters. The van der Waals surface area contributed by atoms with Crippen LogP contribution in [0.25, 0.3) is 0 Å². The first-order valence-electron chi connectivity index (χ1n) is 5.78. The molecule has 2 rings (SSSR count). The molecule has 0 unspecified atom stereocenters. The highest BCUT2D eigenvalue weighted by molar-refractivity contribution is 9.10. The molecule has 5 heteroatoms. The number of rotatable bonds is 4. The molecule has 0 aliphatic rings. The second-order valence-corrected chi connectivity index (χ2v) is 6.02. The number of hydrogen-bond donors (Lipinski definition) is 1. The van der Waals surface area contributed by atoms with Gasteiger partial charge in [-0.15, -0.1) is 0 Å². The van der Waals surface area contributed by atoms with Crippen LogP contribution in [0.1, 0.15) is 27.1 Å². The molecule has 3 nitrogen and oxygen atoms in total. The molecule has 20 heavy (non-hydrogen) atoms. The second-order valence-electron chi connectivity index (χ2n) is 4.19. The summed E-state index contributed by atoms with van der Waals surface area (Å²) in [7, 11) is 0. The fourth-order valence-corrected chi connectivity index (χ4v) is 2.34. The highest BCUT2D eigenvalue weighted by Crippen LogP contribution is 2.23. The molecule has 0 aromatic heterocycles. The summed E-state index contributed by atoms with van der Waals surface area (Å²) in [6.45, 7) is 0. The average Bonchev–Trinajstić information content (AvgIpc) is 2.42. The Morgan fingerprint density at radius 2 is 1.50 bits per heavy atom. The number of aromatic hydroxyl groups is 1. The molecule has 2 aromatic carbocycles. The zero-order chi connectivity index (χ0) is 14.7. The largest absolute Gasteiger partial charge is 0.507 e. The molecule has 0 heterocycles. The monoisotopic (exact) mass is 396 g/mol. The van der Waals surface area contributed by atoms with E-state index < -0.39 is 5.78 Å². The van der Waals surface area contributed by atoms with Gasteiger partial charge in [0.2, 0.25) is 0 Å². The molecule has 0 fully saturated rings. The second kappa shape index (κ2) is 6.33. The standard InChI is InChI=1S/C15H10Br2O3/c16-10-3-1-9(2-4-10)14(19)8-15(20)12-7-11(17)5-6-13(12)18/h1-7,18H,8H2. The minimum atomic E-state index is -0.406. The van der Waals surface area contributed by atoms with Gasteiger partial charge >= 0.3 is 0 Å². The van der Waals surface area contributed by atoms with Crippen molar-refractivity contribution in [2.24, 2.45) is 0 Å². The Bertz CT molecular complexity index is 663. The maximum Gasteiger partial charge on any atom is 0.174 e. The topological polar surface area (TPSA) is 54.4 Å². The van der Waals surface area contributed by atoms with Gasteiger partial charge in [-0.3, -0.25) is 9.59 Å². The lowest BCUT2D eigenvalue weighted by Crippen LogP contribution is -2.08. The molecule has 2 aromatic rings.